The molecule has 0 aromatic heterocycles. The standard InChI is InChI=1S/C23H26F2N2O6S/c1-2-32-22(29)17-7-9-19(10-8-17)34(30,31)27-13-11-16(12-14-27)21(28)26-15-18-5-3-4-6-20(18)33-23(24)25/h3-10,16,23H,2,11-15H2,1H3,(H,26,28). The summed E-state index contributed by atoms with van der Waals surface area (Å²) in [4.78, 5) is 24.4. The van der Waals surface area contributed by atoms with Crippen LogP contribution in [0.1, 0.15) is 35.7 Å². The molecule has 0 atom stereocenters. The summed E-state index contributed by atoms with van der Waals surface area (Å²) in [7, 11) is -3.78. The molecule has 1 saturated heterocycles. The van der Waals surface area contributed by atoms with Gasteiger partial charge in [0.1, 0.15) is 5.75 Å². The zero-order chi connectivity index (χ0) is 24.7. The van der Waals surface area contributed by atoms with E-state index in [0.717, 1.165) is 0 Å². The van der Waals surface area contributed by atoms with E-state index in [0.29, 0.717) is 18.4 Å². The highest BCUT2D eigenvalue weighted by Crippen LogP contribution is 2.25. The number of benzene rings is 2. The van der Waals surface area contributed by atoms with Crippen LogP contribution in [0.5, 0.6) is 5.75 Å². The number of rotatable bonds is 9. The van der Waals surface area contributed by atoms with Crippen LogP contribution in [-0.4, -0.2) is 50.9 Å². The van der Waals surface area contributed by atoms with Gasteiger partial charge in [0.15, 0.2) is 0 Å². The largest absolute Gasteiger partial charge is 0.462 e. The number of nitrogens with one attached hydrogen (secondary N) is 1. The lowest BCUT2D eigenvalue weighted by Gasteiger charge is -2.30. The first-order valence-corrected chi connectivity index (χ1v) is 12.2. The molecule has 0 bridgehead atoms. The van der Waals surface area contributed by atoms with Gasteiger partial charge < -0.3 is 14.8 Å². The summed E-state index contributed by atoms with van der Waals surface area (Å²) in [6.45, 7) is -0.730. The molecule has 2 aromatic carbocycles. The van der Waals surface area contributed by atoms with Crippen molar-refractivity contribution in [3.63, 3.8) is 0 Å². The minimum Gasteiger partial charge on any atom is -0.462 e. The van der Waals surface area contributed by atoms with Crippen LogP contribution in [0.2, 0.25) is 0 Å². The summed E-state index contributed by atoms with van der Waals surface area (Å²) >= 11 is 0. The van der Waals surface area contributed by atoms with E-state index in [2.05, 4.69) is 10.1 Å². The smallest absolute Gasteiger partial charge is 0.387 e. The van der Waals surface area contributed by atoms with E-state index in [4.69, 9.17) is 4.74 Å². The van der Waals surface area contributed by atoms with Crippen molar-refractivity contribution >= 4 is 21.9 Å². The van der Waals surface area contributed by atoms with Gasteiger partial charge in [0.25, 0.3) is 0 Å². The lowest BCUT2D eigenvalue weighted by atomic mass is 9.97. The second-order valence-corrected chi connectivity index (χ2v) is 9.57. The number of hydrogen-bond donors (Lipinski definition) is 1. The van der Waals surface area contributed by atoms with Crippen LogP contribution in [0.15, 0.2) is 53.4 Å². The Balaban J connectivity index is 1.55. The monoisotopic (exact) mass is 496 g/mol. The minimum absolute atomic E-state index is 0.00677. The van der Waals surface area contributed by atoms with Gasteiger partial charge in [0, 0.05) is 31.1 Å². The molecule has 0 spiro atoms. The maximum Gasteiger partial charge on any atom is 0.387 e. The van der Waals surface area contributed by atoms with E-state index < -0.39 is 28.5 Å². The third kappa shape index (κ3) is 6.29. The van der Waals surface area contributed by atoms with Crippen LogP contribution >= 0.6 is 0 Å². The fourth-order valence-electron chi connectivity index (χ4n) is 3.67. The van der Waals surface area contributed by atoms with E-state index in [1.165, 1.54) is 34.6 Å². The van der Waals surface area contributed by atoms with E-state index in [1.807, 2.05) is 0 Å². The molecule has 34 heavy (non-hydrogen) atoms. The Kier molecular flexibility index (Phi) is 8.56. The fourth-order valence-corrected chi connectivity index (χ4v) is 5.14. The molecule has 1 amide bonds. The number of sulfonamides is 1. The zero-order valence-corrected chi connectivity index (χ0v) is 19.4. The molecule has 0 aliphatic carbocycles. The second-order valence-electron chi connectivity index (χ2n) is 7.63. The molecule has 1 N–H and O–H groups in total. The lowest BCUT2D eigenvalue weighted by Crippen LogP contribution is -2.42. The molecule has 184 valence electrons. The molecule has 1 heterocycles. The Morgan fingerprint density at radius 3 is 2.35 bits per heavy atom. The Hall–Kier alpha value is -3.05. The van der Waals surface area contributed by atoms with Crippen LogP contribution in [0.25, 0.3) is 0 Å². The third-order valence-electron chi connectivity index (χ3n) is 5.47. The number of para-hydroxylation sites is 1. The number of hydrogen-bond acceptors (Lipinski definition) is 6. The molecule has 0 radical (unpaired) electrons. The molecule has 11 heteroatoms. The number of carbonyl (C=O) groups is 2. The number of piperidine rings is 1. The first kappa shape index (κ1) is 25.6. The van der Waals surface area contributed by atoms with Crippen molar-refractivity contribution in [1.82, 2.24) is 9.62 Å². The SMILES string of the molecule is CCOC(=O)c1ccc(S(=O)(=O)N2CCC(C(=O)NCc3ccccc3OC(F)F)CC2)cc1. The van der Waals surface area contributed by atoms with Gasteiger partial charge in [0.05, 0.1) is 17.1 Å². The molecule has 0 unspecified atom stereocenters. The maximum atomic E-state index is 12.9. The van der Waals surface area contributed by atoms with Crippen molar-refractivity contribution in [3.05, 3.63) is 59.7 Å². The molecule has 0 saturated carbocycles. The first-order chi connectivity index (χ1) is 16.2. The van der Waals surface area contributed by atoms with Crippen LogP contribution in [0.4, 0.5) is 8.78 Å². The molecule has 1 aliphatic rings. The first-order valence-electron chi connectivity index (χ1n) is 10.8. The summed E-state index contributed by atoms with van der Waals surface area (Å²) < 4.78 is 61.6. The van der Waals surface area contributed by atoms with Crippen molar-refractivity contribution in [2.45, 2.75) is 37.8 Å². The second kappa shape index (κ2) is 11.4. The highest BCUT2D eigenvalue weighted by molar-refractivity contribution is 7.89. The highest BCUT2D eigenvalue weighted by Gasteiger charge is 2.32. The maximum absolute atomic E-state index is 12.9. The summed E-state index contributed by atoms with van der Waals surface area (Å²) in [5.74, 6) is -1.21. The third-order valence-corrected chi connectivity index (χ3v) is 7.38. The van der Waals surface area contributed by atoms with Crippen LogP contribution < -0.4 is 10.1 Å². The van der Waals surface area contributed by atoms with Crippen LogP contribution in [0.3, 0.4) is 0 Å². The van der Waals surface area contributed by atoms with Crippen molar-refractivity contribution in [1.29, 1.82) is 0 Å². The molecule has 3 rings (SSSR count). The molecular weight excluding hydrogens is 470 g/mol. The van der Waals surface area contributed by atoms with E-state index in [1.54, 1.807) is 25.1 Å². The van der Waals surface area contributed by atoms with Crippen molar-refractivity contribution in [2.75, 3.05) is 19.7 Å². The van der Waals surface area contributed by atoms with Gasteiger partial charge in [-0.1, -0.05) is 18.2 Å². The number of ether oxygens (including phenoxy) is 2. The van der Waals surface area contributed by atoms with Gasteiger partial charge in [-0.15, -0.1) is 0 Å². The Labute approximate surface area is 196 Å². The quantitative estimate of drug-likeness (QED) is 0.535. The summed E-state index contributed by atoms with van der Waals surface area (Å²) in [6.07, 6.45) is 0.641. The number of halogens is 2. The average molecular weight is 497 g/mol. The predicted molar refractivity (Wildman–Crippen MR) is 119 cm³/mol. The van der Waals surface area contributed by atoms with Gasteiger partial charge in [-0.3, -0.25) is 4.79 Å². The van der Waals surface area contributed by atoms with Crippen molar-refractivity contribution < 1.29 is 36.3 Å². The lowest BCUT2D eigenvalue weighted by molar-refractivity contribution is -0.126. The molecular formula is C23H26F2N2O6S. The van der Waals surface area contributed by atoms with Crippen LogP contribution in [0, 0.1) is 5.92 Å². The Bertz CT molecular complexity index is 1100. The summed E-state index contributed by atoms with van der Waals surface area (Å²) in [5, 5.41) is 2.72. The molecule has 8 nitrogen and oxygen atoms in total. The number of esters is 1. The van der Waals surface area contributed by atoms with Gasteiger partial charge in [-0.2, -0.15) is 13.1 Å². The van der Waals surface area contributed by atoms with E-state index in [9.17, 15) is 26.8 Å². The van der Waals surface area contributed by atoms with E-state index in [-0.39, 0.29) is 48.4 Å². The normalized spacial score (nSPS) is 15.2. The number of amides is 1. The van der Waals surface area contributed by atoms with Gasteiger partial charge in [-0.25, -0.2) is 13.2 Å². The van der Waals surface area contributed by atoms with Crippen molar-refractivity contribution in [3.8, 4) is 5.75 Å². The summed E-state index contributed by atoms with van der Waals surface area (Å²) in [6, 6.07) is 11.7. The Morgan fingerprint density at radius 1 is 1.09 bits per heavy atom. The van der Waals surface area contributed by atoms with Gasteiger partial charge in [-0.05, 0) is 50.1 Å². The Morgan fingerprint density at radius 2 is 1.74 bits per heavy atom. The number of nitrogens with zero attached hydrogens (tertiary/aromatic N) is 1. The number of alkyl halides is 2. The zero-order valence-electron chi connectivity index (χ0n) is 18.6. The molecule has 1 aliphatic heterocycles. The van der Waals surface area contributed by atoms with E-state index >= 15 is 0 Å². The van der Waals surface area contributed by atoms with Crippen molar-refractivity contribution in [2.24, 2.45) is 5.92 Å². The van der Waals surface area contributed by atoms with Gasteiger partial charge >= 0.3 is 12.6 Å². The molecule has 1 fully saturated rings. The topological polar surface area (TPSA) is 102 Å². The average Bonchev–Trinajstić information content (AvgIpc) is 2.83. The minimum atomic E-state index is -3.78. The molecule has 2 aromatic rings. The fraction of sp³-hybridized carbons (Fsp3) is 0.391. The number of carbonyl (C=O) groups excluding carboxylic acids is 2. The predicted octanol–water partition coefficient (Wildman–Crippen LogP) is 3.18. The van der Waals surface area contributed by atoms with Crippen LogP contribution in [-0.2, 0) is 26.1 Å². The van der Waals surface area contributed by atoms with Gasteiger partial charge in [0.2, 0.25) is 15.9 Å². The highest BCUT2D eigenvalue weighted by atomic mass is 32.2. The summed E-state index contributed by atoms with van der Waals surface area (Å²) in [5.41, 5.74) is 0.680.